The Kier molecular flexibility index (Phi) is 16.7. The number of aromatic nitrogens is 10. The van der Waals surface area contributed by atoms with Crippen LogP contribution < -0.4 is 20.1 Å². The molecule has 81 heavy (non-hydrogen) atoms. The van der Waals surface area contributed by atoms with Gasteiger partial charge in [0, 0.05) is 97.0 Å². The highest BCUT2D eigenvalue weighted by Crippen LogP contribution is 2.36. The van der Waals surface area contributed by atoms with Crippen LogP contribution in [-0.2, 0) is 17.1 Å². The molecule has 2 aliphatic heterocycles. The molecule has 2 saturated heterocycles. The molecule has 10 rings (SSSR count). The summed E-state index contributed by atoms with van der Waals surface area (Å²) >= 11 is 11.7. The van der Waals surface area contributed by atoms with Crippen LogP contribution in [0.1, 0.15) is 44.9 Å². The Morgan fingerprint density at radius 1 is 0.630 bits per heavy atom. The molecule has 2 atom stereocenters. The average molecular weight is 1170 g/mol. The molecule has 30 heteroatoms. The normalized spacial score (nSPS) is 15.7. The van der Waals surface area contributed by atoms with E-state index in [1.54, 1.807) is 0 Å². The predicted octanol–water partition coefficient (Wildman–Crippen LogP) is 10.2. The Morgan fingerprint density at radius 3 is 1.43 bits per heavy atom. The van der Waals surface area contributed by atoms with Gasteiger partial charge in [-0.05, 0) is 87.6 Å². The van der Waals surface area contributed by atoms with Crippen LogP contribution in [0.2, 0.25) is 10.0 Å². The molecule has 20 nitrogen and oxygen atoms in total. The van der Waals surface area contributed by atoms with Gasteiger partial charge in [-0.3, -0.25) is 0 Å². The molecule has 2 aromatic carbocycles. The Labute approximate surface area is 463 Å². The second-order valence-electron chi connectivity index (χ2n) is 18.2. The molecule has 2 aliphatic rings. The van der Waals surface area contributed by atoms with Gasteiger partial charge in [0.15, 0.2) is 23.0 Å². The van der Waals surface area contributed by atoms with E-state index in [4.69, 9.17) is 37.4 Å². The molecule has 2 unspecified atom stereocenters. The largest absolute Gasteiger partial charge is 0.477 e. The summed E-state index contributed by atoms with van der Waals surface area (Å²) in [5.41, 5.74) is -1.04. The summed E-state index contributed by atoms with van der Waals surface area (Å²) < 4.78 is 126. The smallest absolute Gasteiger partial charge is 0.435 e. The molecule has 0 saturated carbocycles. The van der Waals surface area contributed by atoms with Gasteiger partial charge in [0.25, 0.3) is 0 Å². The molecule has 0 spiro atoms. The molecule has 8 heterocycles. The highest BCUT2D eigenvalue weighted by Gasteiger charge is 2.36. The van der Waals surface area contributed by atoms with Gasteiger partial charge in [0.05, 0.1) is 17.2 Å². The highest BCUT2D eigenvalue weighted by atomic mass is 35.5. The van der Waals surface area contributed by atoms with Crippen molar-refractivity contribution in [2.75, 3.05) is 58.0 Å². The molecule has 0 aliphatic carbocycles. The third-order valence-corrected chi connectivity index (χ3v) is 12.9. The zero-order valence-corrected chi connectivity index (χ0v) is 43.8. The first kappa shape index (κ1) is 57.1. The second kappa shape index (κ2) is 23.6. The molecule has 422 valence electrons. The fourth-order valence-corrected chi connectivity index (χ4v) is 8.67. The van der Waals surface area contributed by atoms with Gasteiger partial charge in [-0.25, -0.2) is 47.7 Å². The number of rotatable bonds is 14. The maximum Gasteiger partial charge on any atom is 0.435 e. The van der Waals surface area contributed by atoms with E-state index in [-0.39, 0.29) is 90.9 Å². The van der Waals surface area contributed by atoms with Crippen molar-refractivity contribution in [1.82, 2.24) is 59.3 Å². The lowest BCUT2D eigenvalue weighted by atomic mass is 10.1. The van der Waals surface area contributed by atoms with Crippen LogP contribution in [-0.4, -0.2) is 136 Å². The number of alkyl halides is 6. The third-order valence-electron chi connectivity index (χ3n) is 12.3. The number of aromatic carboxylic acids is 1. The van der Waals surface area contributed by atoms with Crippen LogP contribution in [0, 0.1) is 11.6 Å². The maximum atomic E-state index is 13.6. The summed E-state index contributed by atoms with van der Waals surface area (Å²) in [4.78, 5) is 54.5. The zero-order valence-electron chi connectivity index (χ0n) is 42.3. The van der Waals surface area contributed by atoms with E-state index in [9.17, 15) is 49.8 Å². The number of halogens is 10. The fourth-order valence-electron chi connectivity index (χ4n) is 8.31. The minimum Gasteiger partial charge on any atom is -0.477 e. The predicted molar refractivity (Wildman–Crippen MR) is 276 cm³/mol. The summed E-state index contributed by atoms with van der Waals surface area (Å²) in [6.45, 7) is 2.87. The van der Waals surface area contributed by atoms with Crippen molar-refractivity contribution in [3.05, 3.63) is 142 Å². The van der Waals surface area contributed by atoms with Crippen LogP contribution in [0.5, 0.6) is 11.8 Å². The second-order valence-corrected chi connectivity index (χ2v) is 19.0. The van der Waals surface area contributed by atoms with Gasteiger partial charge in [0.2, 0.25) is 23.7 Å². The number of hydrogen-bond donors (Lipinski definition) is 3. The molecular weight excluding hydrogens is 1130 g/mol. The van der Waals surface area contributed by atoms with Crippen molar-refractivity contribution >= 4 is 58.4 Å². The Bertz CT molecular complexity index is 3650. The number of nitrogens with zero attached hydrogens (tertiary/aromatic N) is 12. The molecule has 3 N–H and O–H groups in total. The summed E-state index contributed by atoms with van der Waals surface area (Å²) in [6, 6.07) is 11.9. The van der Waals surface area contributed by atoms with Gasteiger partial charge in [-0.1, -0.05) is 23.2 Å². The number of carboxylic acids is 1. The monoisotopic (exact) mass is 1170 g/mol. The lowest BCUT2D eigenvalue weighted by molar-refractivity contribution is -0.142. The number of hydrogen-bond acceptors (Lipinski definition) is 17. The quantitative estimate of drug-likeness (QED) is 0.0680. The molecule has 8 aromatic rings. The fraction of sp³-hybridized carbons (Fsp3) is 0.255. The Morgan fingerprint density at radius 2 is 1.06 bits per heavy atom. The van der Waals surface area contributed by atoms with Gasteiger partial charge in [-0.15, -0.1) is 0 Å². The van der Waals surface area contributed by atoms with E-state index in [0.29, 0.717) is 30.9 Å². The summed E-state index contributed by atoms with van der Waals surface area (Å²) in [6.07, 6.45) is -0.914. The number of likely N-dealkylation sites (tertiary alicyclic amines) is 2. The van der Waals surface area contributed by atoms with Crippen molar-refractivity contribution in [1.29, 1.82) is 0 Å². The Hall–Kier alpha value is -8.60. The number of benzene rings is 2. The number of likely N-dealkylation sites (N-methyl/N-ethyl adjacent to an activating group) is 2. The van der Waals surface area contributed by atoms with Crippen LogP contribution >= 0.6 is 23.2 Å². The van der Waals surface area contributed by atoms with E-state index in [2.05, 4.69) is 55.6 Å². The van der Waals surface area contributed by atoms with Gasteiger partial charge >= 0.3 is 24.3 Å². The first-order valence-corrected chi connectivity index (χ1v) is 24.7. The van der Waals surface area contributed by atoms with Crippen LogP contribution in [0.4, 0.5) is 58.4 Å². The number of pyridine rings is 2. The minimum absolute atomic E-state index is 0.0186. The SMILES string of the molecule is CN1CCC(Oc2ncc(-c3cnc(Nc4ccc(F)c(Cl)c4)nc3-n3ccc(C(F)(F)F)n3)cc2C(=O)O)C1.COC(=O)c1cc(-c2cnc(Nc3ccc(F)c(Cl)c3)nc2-n2ccc(C(F)(F)F)n2)cnc1OC1CCN(C)C1. The lowest BCUT2D eigenvalue weighted by Gasteiger charge is -2.17. The van der Waals surface area contributed by atoms with Crippen molar-refractivity contribution < 1.29 is 64.0 Å². The molecule has 6 aromatic heterocycles. The highest BCUT2D eigenvalue weighted by molar-refractivity contribution is 6.31. The lowest BCUT2D eigenvalue weighted by Crippen LogP contribution is -2.23. The van der Waals surface area contributed by atoms with Crippen LogP contribution in [0.3, 0.4) is 0 Å². The molecule has 0 amide bonds. The minimum atomic E-state index is -4.71. The summed E-state index contributed by atoms with van der Waals surface area (Å²) in [5, 5.41) is 22.4. The van der Waals surface area contributed by atoms with E-state index in [0.717, 1.165) is 65.5 Å². The van der Waals surface area contributed by atoms with Gasteiger partial charge in [0.1, 0.15) is 35.0 Å². The van der Waals surface area contributed by atoms with Gasteiger partial charge < -0.3 is 39.8 Å². The van der Waals surface area contributed by atoms with Crippen molar-refractivity contribution in [3.63, 3.8) is 0 Å². The average Bonchev–Trinajstić information content (AvgIpc) is 4.33. The summed E-state index contributed by atoms with van der Waals surface area (Å²) in [5.74, 6) is -3.58. The molecule has 0 bridgehead atoms. The summed E-state index contributed by atoms with van der Waals surface area (Å²) in [7, 11) is 5.08. The number of nitrogens with one attached hydrogen (secondary N) is 2. The number of carboxylic acid groups (broad SMARTS) is 1. The van der Waals surface area contributed by atoms with Crippen molar-refractivity contribution in [3.8, 4) is 45.6 Å². The topological polar surface area (TPSA) is 226 Å². The first-order valence-electron chi connectivity index (χ1n) is 24.0. The van der Waals surface area contributed by atoms with E-state index in [1.807, 2.05) is 19.0 Å². The number of esters is 1. The number of carbonyl (C=O) groups is 2. The van der Waals surface area contributed by atoms with Crippen LogP contribution in [0.15, 0.2) is 97.8 Å². The zero-order chi connectivity index (χ0) is 57.9. The number of anilines is 4. The number of carbonyl (C=O) groups excluding carboxylic acids is 1. The van der Waals surface area contributed by atoms with Crippen molar-refractivity contribution in [2.24, 2.45) is 0 Å². The molecule has 2 fully saturated rings. The number of ether oxygens (including phenoxy) is 3. The maximum absolute atomic E-state index is 13.6. The molecular formula is C51H42Cl2F8N14O6. The van der Waals surface area contributed by atoms with E-state index in [1.165, 1.54) is 68.3 Å². The third kappa shape index (κ3) is 13.5. The number of methoxy groups -OCH3 is 1. The standard InChI is InChI=1S/C26H22ClF4N7O3.C25H20ClF4N7O3/c1-37-7-5-16(13-37)41-23-17(24(39)40-2)9-14(11-32-23)18-12-33-25(34-15-3-4-20(28)19(27)10-15)35-22(18)38-8-6-21(36-38)26(29,30)31;1-36-6-4-15(12-36)40-22-16(23(38)39)8-13(10-31-22)17-11-32-24(33-14-2-3-19(27)18(26)9-14)34-21(17)37-7-5-20(35-37)25(28,29)30/h3-4,6,8-12,16H,5,7,13H2,1-2H3,(H,33,34,35);2-3,5,7-11,15H,4,6,12H2,1H3,(H,38,39)(H,32,33,34). The van der Waals surface area contributed by atoms with Crippen LogP contribution in [0.25, 0.3) is 33.9 Å². The van der Waals surface area contributed by atoms with Crippen molar-refractivity contribution in [2.45, 2.75) is 37.4 Å². The first-order chi connectivity index (χ1) is 38.5. The van der Waals surface area contributed by atoms with E-state index < -0.39 is 47.3 Å². The molecule has 0 radical (unpaired) electrons. The Balaban J connectivity index is 0.000000196. The van der Waals surface area contributed by atoms with E-state index >= 15 is 0 Å². The van der Waals surface area contributed by atoms with Gasteiger partial charge in [-0.2, -0.15) is 46.5 Å².